The maximum absolute atomic E-state index is 12.2. The third-order valence-corrected chi connectivity index (χ3v) is 3.53. The van der Waals surface area contributed by atoms with Crippen molar-refractivity contribution < 1.29 is 29.6 Å². The summed E-state index contributed by atoms with van der Waals surface area (Å²) >= 11 is 0. The number of methoxy groups -OCH3 is 1. The van der Waals surface area contributed by atoms with E-state index in [4.69, 9.17) is 4.74 Å². The van der Waals surface area contributed by atoms with Crippen LogP contribution in [0, 0.1) is 0 Å². The number of aliphatic hydroxyl groups is 1. The summed E-state index contributed by atoms with van der Waals surface area (Å²) in [5.74, 6) is -2.20. The number of hydrogen-bond donors (Lipinski definition) is 3. The monoisotopic (exact) mass is 307 g/mol. The van der Waals surface area contributed by atoms with E-state index >= 15 is 0 Å². The summed E-state index contributed by atoms with van der Waals surface area (Å²) in [5, 5.41) is 29.4. The van der Waals surface area contributed by atoms with Crippen LogP contribution in [-0.4, -0.2) is 52.2 Å². The second kappa shape index (κ2) is 6.07. The van der Waals surface area contributed by atoms with Crippen molar-refractivity contribution in [3.05, 3.63) is 35.1 Å². The smallest absolute Gasteiger partial charge is 0.290 e. The first-order valence-electron chi connectivity index (χ1n) is 6.64. The number of aliphatic hydroxyl groups excluding tert-OH is 1. The number of ketones is 1. The van der Waals surface area contributed by atoms with Gasteiger partial charge in [-0.2, -0.15) is 0 Å². The van der Waals surface area contributed by atoms with E-state index in [9.17, 15) is 24.9 Å². The average Bonchev–Trinajstić information content (AvgIpc) is 2.69. The average molecular weight is 307 g/mol. The Bertz CT molecular complexity index is 651. The first-order valence-corrected chi connectivity index (χ1v) is 6.64. The SMILES string of the molecule is COCCN1C(=O)C(O)=C(C(C)=O)C1c1ccc(O)cc1O. The number of hydrogen-bond acceptors (Lipinski definition) is 6. The fraction of sp³-hybridized carbons (Fsp3) is 0.333. The normalized spacial score (nSPS) is 18.2. The maximum Gasteiger partial charge on any atom is 0.290 e. The first kappa shape index (κ1) is 15.8. The van der Waals surface area contributed by atoms with Crippen LogP contribution in [0.25, 0.3) is 0 Å². The predicted octanol–water partition coefficient (Wildman–Crippen LogP) is 1.03. The zero-order chi connectivity index (χ0) is 16.4. The van der Waals surface area contributed by atoms with Gasteiger partial charge in [0, 0.05) is 25.3 Å². The standard InChI is InChI=1S/C15H17NO6/c1-8(17)12-13(10-4-3-9(18)7-11(10)19)16(5-6-22-2)15(21)14(12)20/h3-4,7,13,18-20H,5-6H2,1-2H3. The number of carbonyl (C=O) groups excluding carboxylic acids is 2. The number of rotatable bonds is 5. The molecule has 1 unspecified atom stereocenters. The summed E-state index contributed by atoms with van der Waals surface area (Å²) in [6.45, 7) is 1.59. The molecular formula is C15H17NO6. The van der Waals surface area contributed by atoms with Crippen molar-refractivity contribution in [2.75, 3.05) is 20.3 Å². The van der Waals surface area contributed by atoms with E-state index in [2.05, 4.69) is 0 Å². The highest BCUT2D eigenvalue weighted by atomic mass is 16.5. The molecule has 7 nitrogen and oxygen atoms in total. The van der Waals surface area contributed by atoms with Crippen LogP contribution in [-0.2, 0) is 14.3 Å². The Labute approximate surface area is 127 Å². The van der Waals surface area contributed by atoms with Gasteiger partial charge in [-0.1, -0.05) is 0 Å². The Hall–Kier alpha value is -2.54. The number of nitrogens with zero attached hydrogens (tertiary/aromatic N) is 1. The van der Waals surface area contributed by atoms with Crippen molar-refractivity contribution >= 4 is 11.7 Å². The van der Waals surface area contributed by atoms with Crippen molar-refractivity contribution in [2.45, 2.75) is 13.0 Å². The molecule has 0 aliphatic carbocycles. The zero-order valence-corrected chi connectivity index (χ0v) is 12.2. The lowest BCUT2D eigenvalue weighted by atomic mass is 9.96. The van der Waals surface area contributed by atoms with E-state index in [1.165, 1.54) is 31.1 Å². The summed E-state index contributed by atoms with van der Waals surface area (Å²) in [6.07, 6.45) is 0. The summed E-state index contributed by atoms with van der Waals surface area (Å²) < 4.78 is 4.94. The van der Waals surface area contributed by atoms with E-state index in [1.54, 1.807) is 0 Å². The van der Waals surface area contributed by atoms with Gasteiger partial charge in [-0.25, -0.2) is 0 Å². The number of phenolic OH excluding ortho intramolecular Hbond substituents is 2. The van der Waals surface area contributed by atoms with Gasteiger partial charge >= 0.3 is 0 Å². The highest BCUT2D eigenvalue weighted by molar-refractivity contribution is 6.08. The quantitative estimate of drug-likeness (QED) is 0.750. The van der Waals surface area contributed by atoms with Gasteiger partial charge in [0.1, 0.15) is 11.5 Å². The van der Waals surface area contributed by atoms with Crippen molar-refractivity contribution in [2.24, 2.45) is 0 Å². The van der Waals surface area contributed by atoms with Crippen LogP contribution in [0.4, 0.5) is 0 Å². The molecule has 0 spiro atoms. The fourth-order valence-electron chi connectivity index (χ4n) is 2.52. The molecule has 0 radical (unpaired) electrons. The van der Waals surface area contributed by atoms with Gasteiger partial charge in [-0.15, -0.1) is 0 Å². The highest BCUT2D eigenvalue weighted by Crippen LogP contribution is 2.41. The minimum atomic E-state index is -0.916. The number of phenols is 2. The molecular weight excluding hydrogens is 290 g/mol. The highest BCUT2D eigenvalue weighted by Gasteiger charge is 2.43. The molecule has 0 saturated heterocycles. The topological polar surface area (TPSA) is 107 Å². The van der Waals surface area contributed by atoms with Gasteiger partial charge in [-0.05, 0) is 19.1 Å². The van der Waals surface area contributed by atoms with Crippen LogP contribution in [0.15, 0.2) is 29.5 Å². The Kier molecular flexibility index (Phi) is 4.37. The van der Waals surface area contributed by atoms with Crippen LogP contribution < -0.4 is 0 Å². The molecule has 0 saturated carbocycles. The number of aromatic hydroxyl groups is 2. The second-order valence-corrected chi connectivity index (χ2v) is 4.96. The van der Waals surface area contributed by atoms with Crippen LogP contribution in [0.2, 0.25) is 0 Å². The Morgan fingerprint density at radius 3 is 2.55 bits per heavy atom. The minimum Gasteiger partial charge on any atom is -0.508 e. The van der Waals surface area contributed by atoms with E-state index in [0.717, 1.165) is 6.07 Å². The van der Waals surface area contributed by atoms with Crippen LogP contribution >= 0.6 is 0 Å². The van der Waals surface area contributed by atoms with Crippen molar-refractivity contribution in [1.82, 2.24) is 4.90 Å². The molecule has 0 fully saturated rings. The lowest BCUT2D eigenvalue weighted by Gasteiger charge is -2.26. The number of amides is 1. The van der Waals surface area contributed by atoms with Gasteiger partial charge in [-0.3, -0.25) is 9.59 Å². The van der Waals surface area contributed by atoms with Gasteiger partial charge in [0.2, 0.25) is 0 Å². The lowest BCUT2D eigenvalue weighted by molar-refractivity contribution is -0.130. The van der Waals surface area contributed by atoms with Crippen LogP contribution in [0.5, 0.6) is 11.5 Å². The molecule has 2 rings (SSSR count). The molecule has 0 aromatic heterocycles. The van der Waals surface area contributed by atoms with Gasteiger partial charge in [0.05, 0.1) is 18.2 Å². The number of ether oxygens (including phenoxy) is 1. The molecule has 3 N–H and O–H groups in total. The third kappa shape index (κ3) is 2.62. The van der Waals surface area contributed by atoms with E-state index in [-0.39, 0.29) is 35.8 Å². The number of Topliss-reactive ketones (excluding diaryl/α,β-unsaturated/α-hetero) is 1. The summed E-state index contributed by atoms with van der Waals surface area (Å²) in [4.78, 5) is 25.2. The summed E-state index contributed by atoms with van der Waals surface area (Å²) in [7, 11) is 1.47. The molecule has 1 aliphatic rings. The third-order valence-electron chi connectivity index (χ3n) is 3.53. The van der Waals surface area contributed by atoms with Gasteiger partial charge in [0.25, 0.3) is 5.91 Å². The number of carbonyl (C=O) groups is 2. The van der Waals surface area contributed by atoms with Crippen molar-refractivity contribution in [3.63, 3.8) is 0 Å². The molecule has 1 aliphatic heterocycles. The van der Waals surface area contributed by atoms with Gasteiger partial charge in [0.15, 0.2) is 11.5 Å². The Morgan fingerprint density at radius 2 is 2.00 bits per heavy atom. The molecule has 1 aromatic rings. The van der Waals surface area contributed by atoms with E-state index in [0.29, 0.717) is 0 Å². The molecule has 118 valence electrons. The number of benzene rings is 1. The summed E-state index contributed by atoms with van der Waals surface area (Å²) in [6, 6.07) is 2.94. The van der Waals surface area contributed by atoms with E-state index < -0.39 is 23.5 Å². The fourth-order valence-corrected chi connectivity index (χ4v) is 2.52. The Morgan fingerprint density at radius 1 is 1.32 bits per heavy atom. The molecule has 1 heterocycles. The minimum absolute atomic E-state index is 0.0814. The van der Waals surface area contributed by atoms with Crippen molar-refractivity contribution in [3.8, 4) is 11.5 Å². The molecule has 7 heteroatoms. The van der Waals surface area contributed by atoms with Crippen LogP contribution in [0.3, 0.4) is 0 Å². The van der Waals surface area contributed by atoms with Gasteiger partial charge < -0.3 is 25.0 Å². The van der Waals surface area contributed by atoms with Crippen LogP contribution in [0.1, 0.15) is 18.5 Å². The Balaban J connectivity index is 2.54. The van der Waals surface area contributed by atoms with Crippen molar-refractivity contribution in [1.29, 1.82) is 0 Å². The zero-order valence-electron chi connectivity index (χ0n) is 12.2. The molecule has 1 amide bonds. The second-order valence-electron chi connectivity index (χ2n) is 4.96. The summed E-state index contributed by atoms with van der Waals surface area (Å²) in [5.41, 5.74) is 0.165. The molecule has 1 atom stereocenters. The lowest BCUT2D eigenvalue weighted by Crippen LogP contribution is -2.33. The predicted molar refractivity (Wildman–Crippen MR) is 76.4 cm³/mol. The first-order chi connectivity index (χ1) is 10.4. The maximum atomic E-state index is 12.2. The van der Waals surface area contributed by atoms with E-state index in [1.807, 2.05) is 0 Å². The molecule has 0 bridgehead atoms. The molecule has 22 heavy (non-hydrogen) atoms. The molecule has 1 aromatic carbocycles. The largest absolute Gasteiger partial charge is 0.508 e.